The van der Waals surface area contributed by atoms with Crippen LogP contribution < -0.4 is 10.1 Å². The lowest BCUT2D eigenvalue weighted by molar-refractivity contribution is -0.384. The molecule has 2 bridgehead atoms. The van der Waals surface area contributed by atoms with E-state index in [1.165, 1.54) is 25.7 Å². The number of nitrogens with zero attached hydrogens (tertiary/aromatic N) is 1. The maximum atomic E-state index is 12.4. The standard InChI is InChI=1S/C15H18N2O4/c1-21-11-4-5-13(14(8-11)17(19)20)16-15(18)12-7-9-2-3-10(12)6-9/h4-5,8-10,12H,2-3,6-7H2,1H3,(H,16,18)/t9-,10-,12-/m0/s1. The lowest BCUT2D eigenvalue weighted by Crippen LogP contribution is -2.27. The van der Waals surface area contributed by atoms with Gasteiger partial charge in [-0.2, -0.15) is 0 Å². The second-order valence-corrected chi connectivity index (χ2v) is 5.91. The summed E-state index contributed by atoms with van der Waals surface area (Å²) in [6.07, 6.45) is 4.37. The third-order valence-corrected chi connectivity index (χ3v) is 4.73. The molecule has 0 saturated heterocycles. The van der Waals surface area contributed by atoms with Crippen molar-refractivity contribution < 1.29 is 14.5 Å². The van der Waals surface area contributed by atoms with Crippen molar-refractivity contribution in [2.24, 2.45) is 17.8 Å². The number of carbonyl (C=O) groups excluding carboxylic acids is 1. The summed E-state index contributed by atoms with van der Waals surface area (Å²) >= 11 is 0. The second kappa shape index (κ2) is 5.35. The highest BCUT2D eigenvalue weighted by Gasteiger charge is 2.43. The van der Waals surface area contributed by atoms with E-state index in [-0.39, 0.29) is 23.2 Å². The van der Waals surface area contributed by atoms with E-state index in [2.05, 4.69) is 5.32 Å². The molecule has 6 heteroatoms. The van der Waals surface area contributed by atoms with Crippen LogP contribution in [0.15, 0.2) is 18.2 Å². The number of carbonyl (C=O) groups is 1. The molecule has 0 spiro atoms. The predicted molar refractivity (Wildman–Crippen MR) is 77.2 cm³/mol. The first-order valence-corrected chi connectivity index (χ1v) is 7.21. The fourth-order valence-corrected chi connectivity index (χ4v) is 3.69. The number of benzene rings is 1. The van der Waals surface area contributed by atoms with Crippen molar-refractivity contribution in [3.8, 4) is 5.75 Å². The molecular formula is C15H18N2O4. The molecule has 2 aliphatic carbocycles. The monoisotopic (exact) mass is 290 g/mol. The number of ether oxygens (including phenoxy) is 1. The molecule has 2 saturated carbocycles. The van der Waals surface area contributed by atoms with Crippen LogP contribution in [0.5, 0.6) is 5.75 Å². The zero-order chi connectivity index (χ0) is 15.0. The van der Waals surface area contributed by atoms with Gasteiger partial charge in [0.15, 0.2) is 0 Å². The van der Waals surface area contributed by atoms with Crippen LogP contribution >= 0.6 is 0 Å². The number of hydrogen-bond donors (Lipinski definition) is 1. The lowest BCUT2D eigenvalue weighted by Gasteiger charge is -2.20. The van der Waals surface area contributed by atoms with Gasteiger partial charge in [-0.15, -0.1) is 0 Å². The van der Waals surface area contributed by atoms with Crippen LogP contribution in [-0.4, -0.2) is 17.9 Å². The Bertz CT molecular complexity index is 587. The number of hydrogen-bond acceptors (Lipinski definition) is 4. The number of rotatable bonds is 4. The van der Waals surface area contributed by atoms with Gasteiger partial charge in [0.05, 0.1) is 18.1 Å². The van der Waals surface area contributed by atoms with Crippen LogP contribution in [0.4, 0.5) is 11.4 Å². The maximum absolute atomic E-state index is 12.4. The van der Waals surface area contributed by atoms with Gasteiger partial charge in [-0.05, 0) is 43.2 Å². The van der Waals surface area contributed by atoms with Crippen LogP contribution in [0.3, 0.4) is 0 Å². The molecule has 1 amide bonds. The van der Waals surface area contributed by atoms with Crippen molar-refractivity contribution in [1.29, 1.82) is 0 Å². The number of methoxy groups -OCH3 is 1. The smallest absolute Gasteiger partial charge is 0.296 e. The van der Waals surface area contributed by atoms with E-state index >= 15 is 0 Å². The van der Waals surface area contributed by atoms with Gasteiger partial charge in [0.25, 0.3) is 5.69 Å². The van der Waals surface area contributed by atoms with Gasteiger partial charge in [0.1, 0.15) is 11.4 Å². The molecule has 0 aromatic heterocycles. The number of fused-ring (bicyclic) bond motifs is 2. The Labute approximate surface area is 122 Å². The third kappa shape index (κ3) is 2.57. The van der Waals surface area contributed by atoms with Crippen molar-refractivity contribution in [3.05, 3.63) is 28.3 Å². The Hall–Kier alpha value is -2.11. The number of amides is 1. The highest BCUT2D eigenvalue weighted by molar-refractivity contribution is 5.95. The van der Waals surface area contributed by atoms with Crippen molar-refractivity contribution >= 4 is 17.3 Å². The molecule has 1 N–H and O–H groups in total. The first-order chi connectivity index (χ1) is 10.1. The minimum Gasteiger partial charge on any atom is -0.496 e. The highest BCUT2D eigenvalue weighted by atomic mass is 16.6. The normalized spacial score (nSPS) is 26.6. The van der Waals surface area contributed by atoms with E-state index in [1.807, 2.05) is 0 Å². The molecule has 2 aliphatic rings. The zero-order valence-electron chi connectivity index (χ0n) is 11.9. The molecule has 0 heterocycles. The summed E-state index contributed by atoms with van der Waals surface area (Å²) in [6.45, 7) is 0. The van der Waals surface area contributed by atoms with Gasteiger partial charge in [0, 0.05) is 5.92 Å². The van der Waals surface area contributed by atoms with Gasteiger partial charge in [0.2, 0.25) is 5.91 Å². The van der Waals surface area contributed by atoms with Crippen molar-refractivity contribution in [2.45, 2.75) is 25.7 Å². The SMILES string of the molecule is COc1ccc(NC(=O)[C@H]2C[C@H]3CC[C@H]2C3)c([N+](=O)[O-])c1. The van der Waals surface area contributed by atoms with Crippen LogP contribution in [0.25, 0.3) is 0 Å². The number of anilines is 1. The second-order valence-electron chi connectivity index (χ2n) is 5.91. The Morgan fingerprint density at radius 2 is 2.19 bits per heavy atom. The molecule has 1 aromatic rings. The maximum Gasteiger partial charge on any atom is 0.296 e. The Morgan fingerprint density at radius 3 is 2.76 bits per heavy atom. The molecule has 0 aliphatic heterocycles. The van der Waals surface area contributed by atoms with E-state index < -0.39 is 4.92 Å². The van der Waals surface area contributed by atoms with E-state index in [4.69, 9.17) is 4.74 Å². The zero-order valence-corrected chi connectivity index (χ0v) is 11.9. The number of nitrogens with one attached hydrogen (secondary N) is 1. The average Bonchev–Trinajstić information content (AvgIpc) is 3.10. The summed E-state index contributed by atoms with van der Waals surface area (Å²) in [6, 6.07) is 4.47. The van der Waals surface area contributed by atoms with E-state index in [1.54, 1.807) is 6.07 Å². The molecule has 21 heavy (non-hydrogen) atoms. The van der Waals surface area contributed by atoms with Crippen molar-refractivity contribution in [1.82, 2.24) is 0 Å². The van der Waals surface area contributed by atoms with Gasteiger partial charge < -0.3 is 10.1 Å². The fourth-order valence-electron chi connectivity index (χ4n) is 3.69. The van der Waals surface area contributed by atoms with Gasteiger partial charge in [-0.1, -0.05) is 6.42 Å². The van der Waals surface area contributed by atoms with Crippen LogP contribution in [0.2, 0.25) is 0 Å². The Morgan fingerprint density at radius 1 is 1.38 bits per heavy atom. The summed E-state index contributed by atoms with van der Waals surface area (Å²) in [4.78, 5) is 23.0. The molecule has 2 fully saturated rings. The molecule has 0 radical (unpaired) electrons. The third-order valence-electron chi connectivity index (χ3n) is 4.73. The molecular weight excluding hydrogens is 272 g/mol. The Kier molecular flexibility index (Phi) is 3.53. The molecule has 112 valence electrons. The van der Waals surface area contributed by atoms with Gasteiger partial charge in [-0.3, -0.25) is 14.9 Å². The first kappa shape index (κ1) is 13.9. The number of nitro benzene ring substituents is 1. The quantitative estimate of drug-likeness (QED) is 0.682. The summed E-state index contributed by atoms with van der Waals surface area (Å²) in [5.41, 5.74) is 0.111. The highest BCUT2D eigenvalue weighted by Crippen LogP contribution is 2.48. The molecule has 3 rings (SSSR count). The minimum atomic E-state index is -0.501. The predicted octanol–water partition coefficient (Wildman–Crippen LogP) is 2.98. The van der Waals surface area contributed by atoms with Crippen LogP contribution in [0.1, 0.15) is 25.7 Å². The van der Waals surface area contributed by atoms with Crippen molar-refractivity contribution in [3.63, 3.8) is 0 Å². The van der Waals surface area contributed by atoms with Crippen LogP contribution in [0, 0.1) is 27.9 Å². The van der Waals surface area contributed by atoms with E-state index in [0.29, 0.717) is 17.6 Å². The number of nitro groups is 1. The summed E-state index contributed by atoms with van der Waals surface area (Å²) < 4.78 is 4.99. The minimum absolute atomic E-state index is 0.00505. The largest absolute Gasteiger partial charge is 0.496 e. The summed E-state index contributed by atoms with van der Waals surface area (Å²) in [5, 5.41) is 13.9. The van der Waals surface area contributed by atoms with Gasteiger partial charge >= 0.3 is 0 Å². The topological polar surface area (TPSA) is 81.5 Å². The average molecular weight is 290 g/mol. The van der Waals surface area contributed by atoms with Crippen LogP contribution in [-0.2, 0) is 4.79 Å². The molecule has 3 atom stereocenters. The molecule has 0 unspecified atom stereocenters. The summed E-state index contributed by atoms with van der Waals surface area (Å²) in [5.74, 6) is 1.43. The van der Waals surface area contributed by atoms with E-state index in [0.717, 1.165) is 19.3 Å². The van der Waals surface area contributed by atoms with Gasteiger partial charge in [-0.25, -0.2) is 0 Å². The Balaban J connectivity index is 1.78. The lowest BCUT2D eigenvalue weighted by atomic mass is 9.88. The molecule has 6 nitrogen and oxygen atoms in total. The first-order valence-electron chi connectivity index (χ1n) is 7.21. The fraction of sp³-hybridized carbons (Fsp3) is 0.533. The van der Waals surface area contributed by atoms with Crippen molar-refractivity contribution in [2.75, 3.05) is 12.4 Å². The molecule has 1 aromatic carbocycles. The van der Waals surface area contributed by atoms with E-state index in [9.17, 15) is 14.9 Å². The summed E-state index contributed by atoms with van der Waals surface area (Å²) in [7, 11) is 1.45.